The van der Waals surface area contributed by atoms with Gasteiger partial charge in [0.05, 0.1) is 0 Å². The molecule has 2 aliphatic rings. The zero-order valence-corrected chi connectivity index (χ0v) is 9.58. The number of phenolic OH excluding ortho intramolecular Hbond substituents is 1. The van der Waals surface area contributed by atoms with Gasteiger partial charge in [-0.3, -0.25) is 0 Å². The summed E-state index contributed by atoms with van der Waals surface area (Å²) in [6.07, 6.45) is 7.74. The number of hydrogen-bond acceptors (Lipinski definition) is 2. The summed E-state index contributed by atoms with van der Waals surface area (Å²) in [4.78, 5) is 0. The summed E-state index contributed by atoms with van der Waals surface area (Å²) in [5, 5.41) is 13.3. The van der Waals surface area contributed by atoms with Crippen molar-refractivity contribution >= 4 is 0 Å². The molecule has 2 heteroatoms. The summed E-state index contributed by atoms with van der Waals surface area (Å²) in [6.45, 7) is 0. The summed E-state index contributed by atoms with van der Waals surface area (Å²) >= 11 is 0. The van der Waals surface area contributed by atoms with Gasteiger partial charge in [-0.1, -0.05) is 18.9 Å². The van der Waals surface area contributed by atoms with Crippen molar-refractivity contribution in [1.82, 2.24) is 5.32 Å². The molecule has 3 rings (SSSR count). The van der Waals surface area contributed by atoms with Crippen LogP contribution in [0.5, 0.6) is 5.75 Å². The van der Waals surface area contributed by atoms with Crippen molar-refractivity contribution in [2.24, 2.45) is 0 Å². The van der Waals surface area contributed by atoms with Gasteiger partial charge in [-0.05, 0) is 48.9 Å². The molecule has 1 atom stereocenters. The highest BCUT2D eigenvalue weighted by Gasteiger charge is 2.26. The van der Waals surface area contributed by atoms with Crippen molar-refractivity contribution in [2.45, 2.75) is 50.6 Å². The topological polar surface area (TPSA) is 32.3 Å². The van der Waals surface area contributed by atoms with E-state index in [-0.39, 0.29) is 0 Å². The summed E-state index contributed by atoms with van der Waals surface area (Å²) in [6, 6.07) is 7.00. The van der Waals surface area contributed by atoms with Gasteiger partial charge in [0.1, 0.15) is 5.75 Å². The molecule has 2 aliphatic carbocycles. The third-order valence-corrected chi connectivity index (χ3v) is 4.00. The monoisotopic (exact) mass is 217 g/mol. The lowest BCUT2D eigenvalue weighted by molar-refractivity contribution is 0.434. The molecular weight excluding hydrogens is 198 g/mol. The Hall–Kier alpha value is -1.02. The molecule has 1 aromatic rings. The van der Waals surface area contributed by atoms with Crippen LogP contribution in [0.4, 0.5) is 0 Å². The van der Waals surface area contributed by atoms with Crippen molar-refractivity contribution in [1.29, 1.82) is 0 Å². The Morgan fingerprint density at radius 1 is 1.12 bits per heavy atom. The highest BCUT2D eigenvalue weighted by atomic mass is 16.3. The maximum absolute atomic E-state index is 9.55. The van der Waals surface area contributed by atoms with Crippen molar-refractivity contribution in [3.05, 3.63) is 29.3 Å². The average Bonchev–Trinajstić information content (AvgIpc) is 2.90. The molecule has 0 spiro atoms. The van der Waals surface area contributed by atoms with Crippen molar-refractivity contribution in [3.63, 3.8) is 0 Å². The van der Waals surface area contributed by atoms with Gasteiger partial charge in [0.15, 0.2) is 0 Å². The summed E-state index contributed by atoms with van der Waals surface area (Å²) in [5.41, 5.74) is 2.74. The van der Waals surface area contributed by atoms with Crippen LogP contribution in [0.3, 0.4) is 0 Å². The van der Waals surface area contributed by atoms with Gasteiger partial charge < -0.3 is 10.4 Å². The number of nitrogens with one attached hydrogen (secondary N) is 1. The van der Waals surface area contributed by atoms with Crippen LogP contribution in [0.25, 0.3) is 0 Å². The number of hydrogen-bond donors (Lipinski definition) is 2. The van der Waals surface area contributed by atoms with Crippen LogP contribution in [0.1, 0.15) is 49.3 Å². The molecule has 0 bridgehead atoms. The highest BCUT2D eigenvalue weighted by molar-refractivity contribution is 5.40. The average molecular weight is 217 g/mol. The van der Waals surface area contributed by atoms with Gasteiger partial charge in [-0.2, -0.15) is 0 Å². The minimum Gasteiger partial charge on any atom is -0.508 e. The van der Waals surface area contributed by atoms with Crippen molar-refractivity contribution in [3.8, 4) is 5.75 Å². The molecule has 16 heavy (non-hydrogen) atoms. The van der Waals surface area contributed by atoms with Gasteiger partial charge in [0.25, 0.3) is 0 Å². The number of benzene rings is 1. The lowest BCUT2D eigenvalue weighted by atomic mass is 10.1. The van der Waals surface area contributed by atoms with E-state index in [0.29, 0.717) is 17.8 Å². The van der Waals surface area contributed by atoms with Gasteiger partial charge in [0.2, 0.25) is 0 Å². The third-order valence-electron chi connectivity index (χ3n) is 4.00. The summed E-state index contributed by atoms with van der Waals surface area (Å²) < 4.78 is 0. The van der Waals surface area contributed by atoms with Crippen molar-refractivity contribution < 1.29 is 5.11 Å². The standard InChI is InChI=1S/C14H19NO/c16-12-7-5-10-6-8-14(13(10)9-12)15-11-3-1-2-4-11/h5,7,9,11,14-16H,1-4,6,8H2. The SMILES string of the molecule is Oc1ccc2c(c1)C(NC1CCCC1)CC2. The molecule has 1 unspecified atom stereocenters. The van der Waals surface area contributed by atoms with Crippen LogP contribution in [-0.4, -0.2) is 11.1 Å². The van der Waals surface area contributed by atoms with E-state index in [1.165, 1.54) is 43.2 Å². The van der Waals surface area contributed by atoms with Crippen LogP contribution in [0, 0.1) is 0 Å². The van der Waals surface area contributed by atoms with Gasteiger partial charge >= 0.3 is 0 Å². The van der Waals surface area contributed by atoms with Crippen LogP contribution in [0.15, 0.2) is 18.2 Å². The van der Waals surface area contributed by atoms with Crippen LogP contribution in [0.2, 0.25) is 0 Å². The molecule has 0 amide bonds. The molecule has 0 aliphatic heterocycles. The molecule has 0 aromatic heterocycles. The Kier molecular flexibility index (Phi) is 2.60. The molecule has 1 aromatic carbocycles. The maximum atomic E-state index is 9.55. The smallest absolute Gasteiger partial charge is 0.115 e. The van der Waals surface area contributed by atoms with E-state index in [1.807, 2.05) is 6.07 Å². The third kappa shape index (κ3) is 1.82. The Morgan fingerprint density at radius 2 is 1.94 bits per heavy atom. The first kappa shape index (κ1) is 10.2. The fourth-order valence-corrected chi connectivity index (χ4v) is 3.14. The predicted molar refractivity (Wildman–Crippen MR) is 64.6 cm³/mol. The van der Waals surface area contributed by atoms with Gasteiger partial charge in [0, 0.05) is 12.1 Å². The van der Waals surface area contributed by atoms with Gasteiger partial charge in [-0.25, -0.2) is 0 Å². The summed E-state index contributed by atoms with van der Waals surface area (Å²) in [7, 11) is 0. The predicted octanol–water partition coefficient (Wildman–Crippen LogP) is 2.91. The van der Waals surface area contributed by atoms with E-state index in [4.69, 9.17) is 0 Å². The van der Waals surface area contributed by atoms with E-state index in [1.54, 1.807) is 6.07 Å². The Balaban J connectivity index is 1.77. The minimum absolute atomic E-state index is 0.402. The second-order valence-electron chi connectivity index (χ2n) is 5.12. The number of phenols is 1. The van der Waals surface area contributed by atoms with E-state index < -0.39 is 0 Å². The second-order valence-corrected chi connectivity index (χ2v) is 5.12. The first-order valence-corrected chi connectivity index (χ1v) is 6.41. The first-order chi connectivity index (χ1) is 7.83. The van der Waals surface area contributed by atoms with Crippen LogP contribution >= 0.6 is 0 Å². The van der Waals surface area contributed by atoms with Crippen LogP contribution in [-0.2, 0) is 6.42 Å². The fourth-order valence-electron chi connectivity index (χ4n) is 3.14. The molecule has 0 radical (unpaired) electrons. The van der Waals surface area contributed by atoms with E-state index in [2.05, 4.69) is 11.4 Å². The lowest BCUT2D eigenvalue weighted by Crippen LogP contribution is -2.29. The molecule has 1 saturated carbocycles. The molecule has 86 valence electrons. The zero-order valence-electron chi connectivity index (χ0n) is 9.58. The molecule has 2 nitrogen and oxygen atoms in total. The minimum atomic E-state index is 0.402. The van der Waals surface area contributed by atoms with E-state index >= 15 is 0 Å². The first-order valence-electron chi connectivity index (χ1n) is 6.41. The quantitative estimate of drug-likeness (QED) is 0.798. The Bertz CT molecular complexity index is 382. The number of fused-ring (bicyclic) bond motifs is 1. The lowest BCUT2D eigenvalue weighted by Gasteiger charge is -2.19. The molecule has 1 fully saturated rings. The Morgan fingerprint density at radius 3 is 2.75 bits per heavy atom. The van der Waals surface area contributed by atoms with E-state index in [0.717, 1.165) is 6.42 Å². The largest absolute Gasteiger partial charge is 0.508 e. The maximum Gasteiger partial charge on any atom is 0.115 e. The number of aromatic hydroxyl groups is 1. The number of rotatable bonds is 2. The highest BCUT2D eigenvalue weighted by Crippen LogP contribution is 2.35. The molecule has 0 heterocycles. The zero-order chi connectivity index (χ0) is 11.0. The van der Waals surface area contributed by atoms with Gasteiger partial charge in [-0.15, -0.1) is 0 Å². The second kappa shape index (κ2) is 4.10. The number of aryl methyl sites for hydroxylation is 1. The molecule has 2 N–H and O–H groups in total. The molecular formula is C14H19NO. The summed E-state index contributed by atoms with van der Waals surface area (Å²) in [5.74, 6) is 0.402. The van der Waals surface area contributed by atoms with Crippen LogP contribution < -0.4 is 5.32 Å². The van der Waals surface area contributed by atoms with E-state index in [9.17, 15) is 5.11 Å². The van der Waals surface area contributed by atoms with Crippen molar-refractivity contribution in [2.75, 3.05) is 0 Å². The molecule has 0 saturated heterocycles. The Labute approximate surface area is 96.7 Å². The normalized spacial score (nSPS) is 24.9. The fraction of sp³-hybridized carbons (Fsp3) is 0.571.